The van der Waals surface area contributed by atoms with Crippen LogP contribution in [0.5, 0.6) is 0 Å². The molecular formula is C19H19N5O2S2. The molecular weight excluding hydrogens is 394 g/mol. The van der Waals surface area contributed by atoms with Crippen molar-refractivity contribution < 1.29 is 9.59 Å². The van der Waals surface area contributed by atoms with Crippen LogP contribution in [0, 0.1) is 6.92 Å². The van der Waals surface area contributed by atoms with Gasteiger partial charge in [-0.2, -0.15) is 0 Å². The lowest BCUT2D eigenvalue weighted by molar-refractivity contribution is -0.121. The van der Waals surface area contributed by atoms with Gasteiger partial charge in [-0.05, 0) is 43.7 Å². The molecule has 2 aromatic carbocycles. The van der Waals surface area contributed by atoms with Crippen LogP contribution in [0.25, 0.3) is 0 Å². The van der Waals surface area contributed by atoms with Crippen LogP contribution in [-0.2, 0) is 4.79 Å². The Labute approximate surface area is 170 Å². The number of hydrogen-bond acceptors (Lipinski definition) is 7. The van der Waals surface area contributed by atoms with E-state index in [0.29, 0.717) is 15.0 Å². The number of hydrogen-bond donors (Lipinski definition) is 3. The van der Waals surface area contributed by atoms with E-state index in [9.17, 15) is 9.59 Å². The van der Waals surface area contributed by atoms with Crippen LogP contribution in [0.4, 0.5) is 10.8 Å². The number of aryl methyl sites for hydroxylation is 1. The molecule has 7 nitrogen and oxygen atoms in total. The number of carbonyl (C=O) groups is 2. The first-order chi connectivity index (χ1) is 13.5. The summed E-state index contributed by atoms with van der Waals surface area (Å²) in [4.78, 5) is 24.2. The van der Waals surface area contributed by atoms with Gasteiger partial charge in [0, 0.05) is 11.3 Å². The molecule has 0 radical (unpaired) electrons. The average molecular weight is 414 g/mol. The summed E-state index contributed by atoms with van der Waals surface area (Å²) in [5, 5.41) is 11.6. The average Bonchev–Trinajstić information content (AvgIpc) is 3.13. The van der Waals surface area contributed by atoms with Gasteiger partial charge in [0.05, 0.1) is 5.25 Å². The van der Waals surface area contributed by atoms with Gasteiger partial charge in [-0.15, -0.1) is 10.2 Å². The van der Waals surface area contributed by atoms with E-state index in [1.54, 1.807) is 31.2 Å². The molecule has 144 valence electrons. The second-order valence-corrected chi connectivity index (χ2v) is 8.50. The molecule has 2 amide bonds. The van der Waals surface area contributed by atoms with Gasteiger partial charge < -0.3 is 5.32 Å². The predicted octanol–water partition coefficient (Wildman–Crippen LogP) is 3.53. The number of nitrogens with one attached hydrogen (secondary N) is 3. The zero-order valence-corrected chi connectivity index (χ0v) is 16.9. The maximum absolute atomic E-state index is 12.2. The summed E-state index contributed by atoms with van der Waals surface area (Å²) < 4.78 is 0.659. The van der Waals surface area contributed by atoms with Crippen LogP contribution >= 0.6 is 23.1 Å². The molecule has 0 aliphatic carbocycles. The van der Waals surface area contributed by atoms with E-state index in [2.05, 4.69) is 26.4 Å². The van der Waals surface area contributed by atoms with Crippen molar-refractivity contribution in [2.75, 3.05) is 5.32 Å². The Morgan fingerprint density at radius 1 is 1.04 bits per heavy atom. The fraction of sp³-hybridized carbons (Fsp3) is 0.158. The van der Waals surface area contributed by atoms with E-state index in [1.165, 1.54) is 23.1 Å². The largest absolute Gasteiger partial charge is 0.330 e. The number of nitrogens with zero attached hydrogens (tertiary/aromatic N) is 2. The number of rotatable bonds is 6. The summed E-state index contributed by atoms with van der Waals surface area (Å²) in [6.07, 6.45) is 0. The molecule has 0 aliphatic heterocycles. The van der Waals surface area contributed by atoms with Crippen LogP contribution in [0.1, 0.15) is 22.8 Å². The maximum atomic E-state index is 12.2. The monoisotopic (exact) mass is 413 g/mol. The highest BCUT2D eigenvalue weighted by Gasteiger charge is 2.18. The molecule has 0 unspecified atom stereocenters. The third-order valence-electron chi connectivity index (χ3n) is 3.66. The fourth-order valence-corrected chi connectivity index (χ4v) is 4.16. The molecule has 0 saturated heterocycles. The Balaban J connectivity index is 1.50. The molecule has 28 heavy (non-hydrogen) atoms. The van der Waals surface area contributed by atoms with Crippen LogP contribution in [0.3, 0.4) is 0 Å². The van der Waals surface area contributed by atoms with Gasteiger partial charge in [-0.3, -0.25) is 20.4 Å². The van der Waals surface area contributed by atoms with E-state index < -0.39 is 5.25 Å². The van der Waals surface area contributed by atoms with Crippen molar-refractivity contribution in [2.24, 2.45) is 0 Å². The quantitative estimate of drug-likeness (QED) is 0.423. The SMILES string of the molecule is Cc1cccc(Nc2nnc(S[C@H](C)C(=O)NNC(=O)c3ccccc3)s2)c1. The van der Waals surface area contributed by atoms with Crippen molar-refractivity contribution in [2.45, 2.75) is 23.4 Å². The normalized spacial score (nSPS) is 11.5. The van der Waals surface area contributed by atoms with Gasteiger partial charge in [0.15, 0.2) is 4.34 Å². The van der Waals surface area contributed by atoms with Crippen LogP contribution < -0.4 is 16.2 Å². The summed E-state index contributed by atoms with van der Waals surface area (Å²) in [5.74, 6) is -0.690. The number of hydrazine groups is 1. The number of amides is 2. The van der Waals surface area contributed by atoms with Crippen molar-refractivity contribution in [1.29, 1.82) is 0 Å². The van der Waals surface area contributed by atoms with Crippen LogP contribution in [-0.4, -0.2) is 27.3 Å². The minimum Gasteiger partial charge on any atom is -0.330 e. The zero-order chi connectivity index (χ0) is 19.9. The van der Waals surface area contributed by atoms with Gasteiger partial charge in [0.1, 0.15) is 0 Å². The van der Waals surface area contributed by atoms with E-state index in [4.69, 9.17) is 0 Å². The molecule has 9 heteroatoms. The van der Waals surface area contributed by atoms with Crippen LogP contribution in [0.15, 0.2) is 58.9 Å². The Morgan fingerprint density at radius 3 is 2.57 bits per heavy atom. The first-order valence-corrected chi connectivity index (χ1v) is 10.2. The third-order valence-corrected chi connectivity index (χ3v) is 5.68. The van der Waals surface area contributed by atoms with Gasteiger partial charge in [0.2, 0.25) is 5.13 Å². The number of benzene rings is 2. The summed E-state index contributed by atoms with van der Waals surface area (Å²) >= 11 is 2.64. The molecule has 3 aromatic rings. The lowest BCUT2D eigenvalue weighted by Gasteiger charge is -2.11. The second kappa shape index (κ2) is 9.34. The van der Waals surface area contributed by atoms with Crippen molar-refractivity contribution in [1.82, 2.24) is 21.0 Å². The fourth-order valence-electron chi connectivity index (χ4n) is 2.24. The van der Waals surface area contributed by atoms with Crippen molar-refractivity contribution in [3.63, 3.8) is 0 Å². The van der Waals surface area contributed by atoms with Gasteiger partial charge >= 0.3 is 0 Å². The molecule has 0 bridgehead atoms. The third kappa shape index (κ3) is 5.54. The summed E-state index contributed by atoms with van der Waals surface area (Å²) in [6.45, 7) is 3.76. The number of thioether (sulfide) groups is 1. The lowest BCUT2D eigenvalue weighted by atomic mass is 10.2. The van der Waals surface area contributed by atoms with Gasteiger partial charge in [0.25, 0.3) is 11.8 Å². The minimum atomic E-state index is -0.448. The van der Waals surface area contributed by atoms with Crippen molar-refractivity contribution in [3.05, 3.63) is 65.7 Å². The molecule has 0 spiro atoms. The molecule has 0 fully saturated rings. The van der Waals surface area contributed by atoms with E-state index in [1.807, 2.05) is 37.3 Å². The summed E-state index contributed by atoms with van der Waals surface area (Å²) in [5.41, 5.74) is 7.40. The topological polar surface area (TPSA) is 96.0 Å². The number of anilines is 2. The molecule has 1 heterocycles. The highest BCUT2D eigenvalue weighted by Crippen LogP contribution is 2.30. The Morgan fingerprint density at radius 2 is 1.82 bits per heavy atom. The lowest BCUT2D eigenvalue weighted by Crippen LogP contribution is -2.44. The van der Waals surface area contributed by atoms with E-state index >= 15 is 0 Å². The van der Waals surface area contributed by atoms with Crippen molar-refractivity contribution >= 4 is 45.7 Å². The highest BCUT2D eigenvalue weighted by molar-refractivity contribution is 8.02. The van der Waals surface area contributed by atoms with Crippen molar-refractivity contribution in [3.8, 4) is 0 Å². The summed E-state index contributed by atoms with van der Waals surface area (Å²) in [6, 6.07) is 16.6. The molecule has 0 saturated carbocycles. The Bertz CT molecular complexity index is 962. The molecule has 3 N–H and O–H groups in total. The number of carbonyl (C=O) groups excluding carboxylic acids is 2. The van der Waals surface area contributed by atoms with Gasteiger partial charge in [-0.25, -0.2) is 0 Å². The Hall–Kier alpha value is -2.91. The summed E-state index contributed by atoms with van der Waals surface area (Å²) in [7, 11) is 0. The standard InChI is InChI=1S/C19H19N5O2S2/c1-12-7-6-10-15(11-12)20-18-23-24-19(28-18)27-13(2)16(25)21-22-17(26)14-8-4-3-5-9-14/h3-11,13H,1-2H3,(H,20,23)(H,21,25)(H,22,26)/t13-/m1/s1. The first kappa shape index (κ1) is 19.8. The maximum Gasteiger partial charge on any atom is 0.269 e. The molecule has 1 aromatic heterocycles. The van der Waals surface area contributed by atoms with Gasteiger partial charge in [-0.1, -0.05) is 53.4 Å². The van der Waals surface area contributed by atoms with Crippen LogP contribution in [0.2, 0.25) is 0 Å². The minimum absolute atomic E-state index is 0.322. The molecule has 1 atom stereocenters. The van der Waals surface area contributed by atoms with E-state index in [-0.39, 0.29) is 11.8 Å². The van der Waals surface area contributed by atoms with E-state index in [0.717, 1.165) is 11.3 Å². The smallest absolute Gasteiger partial charge is 0.269 e. The Kier molecular flexibility index (Phi) is 6.62. The predicted molar refractivity (Wildman–Crippen MR) is 112 cm³/mol. The molecule has 0 aliphatic rings. The molecule has 3 rings (SSSR count). The zero-order valence-electron chi connectivity index (χ0n) is 15.3. The first-order valence-electron chi connectivity index (χ1n) is 8.50. The number of aromatic nitrogens is 2. The highest BCUT2D eigenvalue weighted by atomic mass is 32.2. The second-order valence-electron chi connectivity index (χ2n) is 5.94.